The molecule has 0 aliphatic heterocycles. The molecular formula is C14H24Cl2N4. The highest BCUT2D eigenvalue weighted by Gasteiger charge is 2.09. The van der Waals surface area contributed by atoms with Crippen LogP contribution in [0.4, 0.5) is 11.6 Å². The number of rotatable bonds is 9. The summed E-state index contributed by atoms with van der Waals surface area (Å²) in [6.07, 6.45) is 1.02. The van der Waals surface area contributed by atoms with Crippen molar-refractivity contribution in [3.05, 3.63) is 16.1 Å². The van der Waals surface area contributed by atoms with Gasteiger partial charge in [0.25, 0.3) is 0 Å². The van der Waals surface area contributed by atoms with Crippen LogP contribution in [-0.4, -0.2) is 42.6 Å². The molecule has 0 aliphatic carbocycles. The average Bonchev–Trinajstić information content (AvgIpc) is 2.44. The Morgan fingerprint density at radius 1 is 1.00 bits per heavy atom. The predicted octanol–water partition coefficient (Wildman–Crippen LogP) is 3.96. The maximum absolute atomic E-state index is 6.17. The lowest BCUT2D eigenvalue weighted by Crippen LogP contribution is -2.28. The quantitative estimate of drug-likeness (QED) is 0.723. The zero-order valence-electron chi connectivity index (χ0n) is 12.5. The maximum Gasteiger partial charge on any atom is 0.147 e. The van der Waals surface area contributed by atoms with E-state index in [0.717, 1.165) is 39.1 Å². The van der Waals surface area contributed by atoms with Gasteiger partial charge < -0.3 is 15.5 Å². The molecule has 114 valence electrons. The molecule has 0 saturated heterocycles. The molecule has 1 heterocycles. The minimum Gasteiger partial charge on any atom is -0.369 e. The number of hydrogen-bond acceptors (Lipinski definition) is 4. The first-order valence-corrected chi connectivity index (χ1v) is 7.94. The van der Waals surface area contributed by atoms with Crippen LogP contribution in [0, 0.1) is 0 Å². The molecule has 1 aromatic heterocycles. The van der Waals surface area contributed by atoms with E-state index in [1.165, 1.54) is 0 Å². The van der Waals surface area contributed by atoms with Gasteiger partial charge in [0.15, 0.2) is 0 Å². The fourth-order valence-electron chi connectivity index (χ4n) is 1.83. The third kappa shape index (κ3) is 5.35. The lowest BCUT2D eigenvalue weighted by molar-refractivity contribution is 0.316. The number of likely N-dealkylation sites (N-methyl/N-ethyl adjacent to an activating group) is 1. The molecule has 2 N–H and O–H groups in total. The van der Waals surface area contributed by atoms with Crippen LogP contribution in [-0.2, 0) is 0 Å². The van der Waals surface area contributed by atoms with Crippen molar-refractivity contribution in [1.29, 1.82) is 0 Å². The zero-order chi connectivity index (χ0) is 15.0. The van der Waals surface area contributed by atoms with Gasteiger partial charge in [-0.1, -0.05) is 44.0 Å². The van der Waals surface area contributed by atoms with Crippen LogP contribution in [0.15, 0.2) is 6.07 Å². The van der Waals surface area contributed by atoms with Crippen molar-refractivity contribution in [2.75, 3.05) is 43.4 Å². The van der Waals surface area contributed by atoms with Crippen molar-refractivity contribution in [3.8, 4) is 0 Å². The predicted molar refractivity (Wildman–Crippen MR) is 89.3 cm³/mol. The second-order valence-electron chi connectivity index (χ2n) is 4.53. The molecule has 0 aromatic carbocycles. The van der Waals surface area contributed by atoms with Crippen molar-refractivity contribution in [1.82, 2.24) is 9.88 Å². The highest BCUT2D eigenvalue weighted by molar-refractivity contribution is 6.37. The topological polar surface area (TPSA) is 40.2 Å². The summed E-state index contributed by atoms with van der Waals surface area (Å²) in [5, 5.41) is 7.58. The molecule has 0 unspecified atom stereocenters. The largest absolute Gasteiger partial charge is 0.369 e. The summed E-state index contributed by atoms with van der Waals surface area (Å²) in [6, 6.07) is 1.73. The van der Waals surface area contributed by atoms with Crippen LogP contribution < -0.4 is 10.6 Å². The summed E-state index contributed by atoms with van der Waals surface area (Å²) in [4.78, 5) is 6.79. The molecule has 0 spiro atoms. The second-order valence-corrected chi connectivity index (χ2v) is 5.34. The average molecular weight is 319 g/mol. The van der Waals surface area contributed by atoms with Crippen molar-refractivity contribution in [2.45, 2.75) is 27.2 Å². The fraction of sp³-hybridized carbons (Fsp3) is 0.643. The Morgan fingerprint density at radius 3 is 2.05 bits per heavy atom. The number of nitrogens with zero attached hydrogens (tertiary/aromatic N) is 2. The number of aromatic nitrogens is 1. The Labute approximate surface area is 131 Å². The van der Waals surface area contributed by atoms with Crippen LogP contribution in [0.3, 0.4) is 0 Å². The van der Waals surface area contributed by atoms with Crippen LogP contribution in [0.5, 0.6) is 0 Å². The van der Waals surface area contributed by atoms with Gasteiger partial charge in [0.05, 0.1) is 10.0 Å². The Hall–Kier alpha value is -0.710. The van der Waals surface area contributed by atoms with E-state index >= 15 is 0 Å². The minimum atomic E-state index is 0.552. The highest BCUT2D eigenvalue weighted by atomic mass is 35.5. The molecule has 0 fully saturated rings. The monoisotopic (exact) mass is 318 g/mol. The van der Waals surface area contributed by atoms with Gasteiger partial charge in [-0.05, 0) is 25.6 Å². The van der Waals surface area contributed by atoms with E-state index in [0.29, 0.717) is 21.7 Å². The molecule has 0 saturated carbocycles. The number of nitrogens with one attached hydrogen (secondary N) is 2. The molecule has 0 radical (unpaired) electrons. The number of hydrogen-bond donors (Lipinski definition) is 2. The molecule has 20 heavy (non-hydrogen) atoms. The Morgan fingerprint density at radius 2 is 1.55 bits per heavy atom. The first-order valence-electron chi connectivity index (χ1n) is 7.18. The van der Waals surface area contributed by atoms with Gasteiger partial charge in [0, 0.05) is 19.6 Å². The van der Waals surface area contributed by atoms with E-state index in [1.54, 1.807) is 6.07 Å². The first kappa shape index (κ1) is 17.3. The van der Waals surface area contributed by atoms with Crippen LogP contribution in [0.1, 0.15) is 27.2 Å². The standard InChI is InChI=1S/C14H24Cl2N4/c1-4-7-17-13-11(15)10-12(16)14(19-13)18-8-9-20(5-2)6-3/h10H,4-9H2,1-3H3,(H2,17,18,19). The zero-order valence-corrected chi connectivity index (χ0v) is 14.0. The lowest BCUT2D eigenvalue weighted by Gasteiger charge is -2.19. The molecule has 0 bridgehead atoms. The number of pyridine rings is 1. The highest BCUT2D eigenvalue weighted by Crippen LogP contribution is 2.29. The second kappa shape index (κ2) is 9.27. The normalized spacial score (nSPS) is 10.9. The lowest BCUT2D eigenvalue weighted by atomic mass is 10.4. The van der Waals surface area contributed by atoms with Gasteiger partial charge in [-0.25, -0.2) is 4.98 Å². The summed E-state index contributed by atoms with van der Waals surface area (Å²) < 4.78 is 0. The molecule has 4 nitrogen and oxygen atoms in total. The Balaban J connectivity index is 2.64. The summed E-state index contributed by atoms with van der Waals surface area (Å²) in [6.45, 7) is 11.1. The van der Waals surface area contributed by atoms with Crippen LogP contribution in [0.2, 0.25) is 10.0 Å². The van der Waals surface area contributed by atoms with Gasteiger partial charge >= 0.3 is 0 Å². The Kier molecular flexibility index (Phi) is 8.04. The third-order valence-electron chi connectivity index (χ3n) is 3.09. The minimum absolute atomic E-state index is 0.552. The molecule has 6 heteroatoms. The van der Waals surface area contributed by atoms with Gasteiger partial charge in [0.1, 0.15) is 11.6 Å². The molecule has 1 aromatic rings. The van der Waals surface area contributed by atoms with E-state index in [-0.39, 0.29) is 0 Å². The summed E-state index contributed by atoms with van der Waals surface area (Å²) in [5.74, 6) is 1.37. The van der Waals surface area contributed by atoms with E-state index < -0.39 is 0 Å². The third-order valence-corrected chi connectivity index (χ3v) is 3.66. The summed E-state index contributed by atoms with van der Waals surface area (Å²) in [5.41, 5.74) is 0. The van der Waals surface area contributed by atoms with Crippen molar-refractivity contribution < 1.29 is 0 Å². The van der Waals surface area contributed by atoms with Gasteiger partial charge in [-0.2, -0.15) is 0 Å². The van der Waals surface area contributed by atoms with Crippen LogP contribution in [0.25, 0.3) is 0 Å². The number of halogens is 2. The molecule has 0 amide bonds. The van der Waals surface area contributed by atoms with Gasteiger partial charge in [0.2, 0.25) is 0 Å². The smallest absolute Gasteiger partial charge is 0.147 e. The van der Waals surface area contributed by atoms with Crippen molar-refractivity contribution >= 4 is 34.8 Å². The molecule has 0 aliphatic rings. The Bertz CT molecular complexity index is 408. The van der Waals surface area contributed by atoms with E-state index in [2.05, 4.69) is 41.3 Å². The molecule has 1 rings (SSSR count). The summed E-state index contributed by atoms with van der Waals surface area (Å²) in [7, 11) is 0. The maximum atomic E-state index is 6.17. The first-order chi connectivity index (χ1) is 9.62. The van der Waals surface area contributed by atoms with Crippen LogP contribution >= 0.6 is 23.2 Å². The van der Waals surface area contributed by atoms with E-state index in [1.807, 2.05) is 0 Å². The number of anilines is 2. The van der Waals surface area contributed by atoms with Gasteiger partial charge in [-0.3, -0.25) is 0 Å². The van der Waals surface area contributed by atoms with E-state index in [4.69, 9.17) is 23.2 Å². The molecular weight excluding hydrogens is 295 g/mol. The van der Waals surface area contributed by atoms with Crippen molar-refractivity contribution in [2.24, 2.45) is 0 Å². The van der Waals surface area contributed by atoms with E-state index in [9.17, 15) is 0 Å². The SMILES string of the molecule is CCCNc1nc(NCCN(CC)CC)c(Cl)cc1Cl. The van der Waals surface area contributed by atoms with Crippen molar-refractivity contribution in [3.63, 3.8) is 0 Å². The fourth-order valence-corrected chi connectivity index (χ4v) is 2.32. The van der Waals surface area contributed by atoms with Gasteiger partial charge in [-0.15, -0.1) is 0 Å². The molecule has 0 atom stereocenters. The summed E-state index contributed by atoms with van der Waals surface area (Å²) >= 11 is 12.3.